The molecule has 17 heavy (non-hydrogen) atoms. The number of hydrogen-bond acceptors (Lipinski definition) is 1. The Kier molecular flexibility index (Phi) is 5.34. The summed E-state index contributed by atoms with van der Waals surface area (Å²) < 4.78 is 0. The normalized spacial score (nSPS) is 28.8. The molecule has 0 aromatic heterocycles. The molecule has 2 rings (SSSR count). The number of nitrogens with two attached hydrogens (primary N) is 1. The molecule has 2 fully saturated rings. The molecule has 0 amide bonds. The summed E-state index contributed by atoms with van der Waals surface area (Å²) in [4.78, 5) is 0. The predicted octanol–water partition coefficient (Wildman–Crippen LogP) is 4.79. The summed E-state index contributed by atoms with van der Waals surface area (Å²) in [6.07, 6.45) is 19.7. The van der Waals surface area contributed by atoms with E-state index in [-0.39, 0.29) is 5.54 Å². The number of hydrogen-bond donors (Lipinski definition) is 1. The molecular weight excluding hydrogens is 206 g/mol. The zero-order valence-electron chi connectivity index (χ0n) is 11.6. The van der Waals surface area contributed by atoms with Gasteiger partial charge in [-0.15, -0.1) is 0 Å². The van der Waals surface area contributed by atoms with E-state index in [1.54, 1.807) is 0 Å². The Morgan fingerprint density at radius 1 is 0.588 bits per heavy atom. The van der Waals surface area contributed by atoms with E-state index in [0.29, 0.717) is 0 Å². The van der Waals surface area contributed by atoms with Crippen molar-refractivity contribution < 1.29 is 0 Å². The first-order valence-corrected chi connectivity index (χ1v) is 8.10. The molecule has 0 heterocycles. The Morgan fingerprint density at radius 3 is 1.53 bits per heavy atom. The van der Waals surface area contributed by atoms with Gasteiger partial charge in [0.05, 0.1) is 0 Å². The summed E-state index contributed by atoms with van der Waals surface area (Å²) in [5.41, 5.74) is 7.03. The van der Waals surface area contributed by atoms with Crippen LogP contribution >= 0.6 is 0 Å². The van der Waals surface area contributed by atoms with Gasteiger partial charge in [-0.25, -0.2) is 0 Å². The average molecular weight is 237 g/mol. The van der Waals surface area contributed by atoms with Crippen molar-refractivity contribution in [3.05, 3.63) is 0 Å². The largest absolute Gasteiger partial charge is 0.325 e. The quantitative estimate of drug-likeness (QED) is 0.697. The minimum atomic E-state index is 0.206. The van der Waals surface area contributed by atoms with Crippen molar-refractivity contribution in [1.29, 1.82) is 0 Å². The minimum Gasteiger partial charge on any atom is -0.325 e. The fourth-order valence-electron chi connectivity index (χ4n) is 4.00. The minimum absolute atomic E-state index is 0.206. The standard InChI is InChI=1S/C16H31N/c17-16(13-9-5-2-6-10-14-16)15-11-7-3-1-4-8-12-15/h15H,1-14,17H2. The first-order chi connectivity index (χ1) is 8.31. The SMILES string of the molecule is NC1(C2CCCCCCC2)CCCCCCC1. The third kappa shape index (κ3) is 3.98. The van der Waals surface area contributed by atoms with E-state index in [1.807, 2.05) is 0 Å². The van der Waals surface area contributed by atoms with Crippen molar-refractivity contribution >= 4 is 0 Å². The lowest BCUT2D eigenvalue weighted by molar-refractivity contribution is 0.177. The van der Waals surface area contributed by atoms with Gasteiger partial charge in [-0.3, -0.25) is 0 Å². The molecule has 2 aliphatic carbocycles. The Balaban J connectivity index is 1.94. The van der Waals surface area contributed by atoms with Crippen LogP contribution in [0.3, 0.4) is 0 Å². The van der Waals surface area contributed by atoms with Crippen LogP contribution in [0.2, 0.25) is 0 Å². The first-order valence-electron chi connectivity index (χ1n) is 8.10. The molecule has 2 saturated carbocycles. The highest BCUT2D eigenvalue weighted by Crippen LogP contribution is 2.37. The van der Waals surface area contributed by atoms with E-state index in [1.165, 1.54) is 89.9 Å². The molecule has 1 nitrogen and oxygen atoms in total. The molecular formula is C16H31N. The highest BCUT2D eigenvalue weighted by Gasteiger charge is 2.34. The Bertz CT molecular complexity index is 196. The summed E-state index contributed by atoms with van der Waals surface area (Å²) in [7, 11) is 0. The molecule has 0 atom stereocenters. The highest BCUT2D eigenvalue weighted by molar-refractivity contribution is 4.92. The summed E-state index contributed by atoms with van der Waals surface area (Å²) >= 11 is 0. The van der Waals surface area contributed by atoms with Gasteiger partial charge in [0.25, 0.3) is 0 Å². The van der Waals surface area contributed by atoms with Crippen molar-refractivity contribution in [3.8, 4) is 0 Å². The van der Waals surface area contributed by atoms with Crippen LogP contribution in [-0.2, 0) is 0 Å². The molecule has 0 saturated heterocycles. The fraction of sp³-hybridized carbons (Fsp3) is 1.00. The van der Waals surface area contributed by atoms with E-state index in [4.69, 9.17) is 5.73 Å². The first kappa shape index (κ1) is 13.4. The third-order valence-electron chi connectivity index (χ3n) is 5.20. The smallest absolute Gasteiger partial charge is 0.0182 e. The van der Waals surface area contributed by atoms with E-state index >= 15 is 0 Å². The zero-order chi connectivity index (χ0) is 12.0. The molecule has 0 aliphatic heterocycles. The van der Waals surface area contributed by atoms with Crippen LogP contribution in [0.5, 0.6) is 0 Å². The maximum atomic E-state index is 6.82. The summed E-state index contributed by atoms with van der Waals surface area (Å²) in [6.45, 7) is 0. The molecule has 0 spiro atoms. The van der Waals surface area contributed by atoms with Crippen LogP contribution in [0, 0.1) is 5.92 Å². The van der Waals surface area contributed by atoms with Gasteiger partial charge in [-0.1, -0.05) is 64.2 Å². The Labute approximate surface area is 108 Å². The maximum absolute atomic E-state index is 6.82. The molecule has 0 aromatic carbocycles. The van der Waals surface area contributed by atoms with Gasteiger partial charge in [0.15, 0.2) is 0 Å². The fourth-order valence-corrected chi connectivity index (χ4v) is 4.00. The van der Waals surface area contributed by atoms with E-state index in [2.05, 4.69) is 0 Å². The van der Waals surface area contributed by atoms with Crippen LogP contribution in [0.1, 0.15) is 89.9 Å². The molecule has 0 unspecified atom stereocenters. The van der Waals surface area contributed by atoms with E-state index < -0.39 is 0 Å². The summed E-state index contributed by atoms with van der Waals surface area (Å²) in [6, 6.07) is 0. The summed E-state index contributed by atoms with van der Waals surface area (Å²) in [5.74, 6) is 0.834. The molecule has 1 heteroatoms. The highest BCUT2D eigenvalue weighted by atomic mass is 14.8. The zero-order valence-corrected chi connectivity index (χ0v) is 11.6. The van der Waals surface area contributed by atoms with Gasteiger partial charge in [0.1, 0.15) is 0 Å². The second-order valence-electron chi connectivity index (χ2n) is 6.54. The van der Waals surface area contributed by atoms with Crippen LogP contribution in [0.15, 0.2) is 0 Å². The van der Waals surface area contributed by atoms with Crippen molar-refractivity contribution in [3.63, 3.8) is 0 Å². The average Bonchev–Trinajstić information content (AvgIpc) is 2.23. The van der Waals surface area contributed by atoms with Gasteiger partial charge >= 0.3 is 0 Å². The van der Waals surface area contributed by atoms with E-state index in [0.717, 1.165) is 5.92 Å². The lowest BCUT2D eigenvalue weighted by atomic mass is 9.70. The molecule has 0 radical (unpaired) electrons. The van der Waals surface area contributed by atoms with Crippen molar-refractivity contribution in [1.82, 2.24) is 0 Å². The Morgan fingerprint density at radius 2 is 1.00 bits per heavy atom. The van der Waals surface area contributed by atoms with Gasteiger partial charge in [0, 0.05) is 5.54 Å². The van der Waals surface area contributed by atoms with Gasteiger partial charge in [-0.2, -0.15) is 0 Å². The predicted molar refractivity (Wildman–Crippen MR) is 75.0 cm³/mol. The van der Waals surface area contributed by atoms with Crippen molar-refractivity contribution in [2.75, 3.05) is 0 Å². The maximum Gasteiger partial charge on any atom is 0.0182 e. The molecule has 2 aliphatic rings. The lowest BCUT2D eigenvalue weighted by Gasteiger charge is -2.40. The topological polar surface area (TPSA) is 26.0 Å². The van der Waals surface area contributed by atoms with Gasteiger partial charge < -0.3 is 5.73 Å². The molecule has 0 bridgehead atoms. The third-order valence-corrected chi connectivity index (χ3v) is 5.20. The second kappa shape index (κ2) is 6.78. The van der Waals surface area contributed by atoms with Crippen LogP contribution in [0.25, 0.3) is 0 Å². The van der Waals surface area contributed by atoms with Gasteiger partial charge in [0.2, 0.25) is 0 Å². The molecule has 2 N–H and O–H groups in total. The second-order valence-corrected chi connectivity index (χ2v) is 6.54. The monoisotopic (exact) mass is 237 g/mol. The Hall–Kier alpha value is -0.0400. The van der Waals surface area contributed by atoms with Gasteiger partial charge in [-0.05, 0) is 31.6 Å². The number of rotatable bonds is 1. The van der Waals surface area contributed by atoms with Crippen LogP contribution in [-0.4, -0.2) is 5.54 Å². The summed E-state index contributed by atoms with van der Waals surface area (Å²) in [5, 5.41) is 0. The van der Waals surface area contributed by atoms with E-state index in [9.17, 15) is 0 Å². The van der Waals surface area contributed by atoms with Crippen molar-refractivity contribution in [2.24, 2.45) is 11.7 Å². The van der Waals surface area contributed by atoms with Crippen LogP contribution < -0.4 is 5.73 Å². The molecule has 0 aromatic rings. The molecule has 100 valence electrons. The lowest BCUT2D eigenvalue weighted by Crippen LogP contribution is -2.47. The van der Waals surface area contributed by atoms with Crippen LogP contribution in [0.4, 0.5) is 0 Å². The van der Waals surface area contributed by atoms with Crippen molar-refractivity contribution in [2.45, 2.75) is 95.4 Å².